The van der Waals surface area contributed by atoms with Crippen molar-refractivity contribution in [3.05, 3.63) is 35.1 Å². The fraction of sp³-hybridized carbons (Fsp3) is 0.727. The van der Waals surface area contributed by atoms with Gasteiger partial charge in [-0.2, -0.15) is 0 Å². The van der Waals surface area contributed by atoms with Gasteiger partial charge in [-0.25, -0.2) is 4.39 Å². The molecule has 3 aliphatic rings. The average molecular weight is 314 g/mol. The van der Waals surface area contributed by atoms with E-state index in [1.807, 2.05) is 6.07 Å². The molecule has 4 rings (SSSR count). The molecule has 1 unspecified atom stereocenters. The summed E-state index contributed by atoms with van der Waals surface area (Å²) in [6, 6.07) is 5.47. The second kappa shape index (κ2) is 6.95. The van der Waals surface area contributed by atoms with Crippen LogP contribution in [0.5, 0.6) is 0 Å². The number of hydrogen-bond donors (Lipinski definition) is 0. The summed E-state index contributed by atoms with van der Waals surface area (Å²) >= 11 is 0. The van der Waals surface area contributed by atoms with Crippen LogP contribution >= 0.6 is 0 Å². The summed E-state index contributed by atoms with van der Waals surface area (Å²) in [4.78, 5) is 0. The maximum Gasteiger partial charge on any atom is 0.123 e. The Labute approximate surface area is 140 Å². The Bertz CT molecular complexity index is 521. The van der Waals surface area contributed by atoms with E-state index in [1.54, 1.807) is 12.1 Å². The predicted octanol–water partition coefficient (Wildman–Crippen LogP) is 6.32. The van der Waals surface area contributed by atoms with Crippen LogP contribution in [-0.4, -0.2) is 0 Å². The molecule has 1 atom stereocenters. The van der Waals surface area contributed by atoms with Gasteiger partial charge in [-0.3, -0.25) is 0 Å². The maximum atomic E-state index is 13.4. The second-order valence-electron chi connectivity index (χ2n) is 8.49. The highest BCUT2D eigenvalue weighted by atomic mass is 19.1. The third-order valence-corrected chi connectivity index (χ3v) is 7.23. The van der Waals surface area contributed by atoms with E-state index in [-0.39, 0.29) is 5.82 Å². The third kappa shape index (κ3) is 3.49. The van der Waals surface area contributed by atoms with Crippen LogP contribution in [0.2, 0.25) is 0 Å². The van der Waals surface area contributed by atoms with E-state index in [0.717, 1.165) is 30.1 Å². The van der Waals surface area contributed by atoms with E-state index in [4.69, 9.17) is 0 Å². The molecule has 0 bridgehead atoms. The van der Waals surface area contributed by atoms with Crippen molar-refractivity contribution in [3.8, 4) is 0 Å². The zero-order chi connectivity index (χ0) is 15.6. The summed E-state index contributed by atoms with van der Waals surface area (Å²) in [6.07, 6.45) is 17.0. The van der Waals surface area contributed by atoms with Crippen LogP contribution in [0, 0.1) is 29.5 Å². The first kappa shape index (κ1) is 15.7. The number of hydrogen-bond acceptors (Lipinski definition) is 0. The van der Waals surface area contributed by atoms with Crippen molar-refractivity contribution < 1.29 is 4.39 Å². The van der Waals surface area contributed by atoms with Crippen molar-refractivity contribution >= 4 is 0 Å². The molecule has 0 saturated heterocycles. The van der Waals surface area contributed by atoms with Gasteiger partial charge >= 0.3 is 0 Å². The SMILES string of the molecule is Fc1ccc2c(c1)CCC(C1CCC(C3CCCCC3)CC1)C2. The van der Waals surface area contributed by atoms with Crippen molar-refractivity contribution in [3.63, 3.8) is 0 Å². The van der Waals surface area contributed by atoms with Gasteiger partial charge in [0.1, 0.15) is 5.82 Å². The number of aryl methyl sites for hydroxylation is 1. The first-order valence-electron chi connectivity index (χ1n) is 10.1. The van der Waals surface area contributed by atoms with Gasteiger partial charge in [-0.1, -0.05) is 38.2 Å². The van der Waals surface area contributed by atoms with E-state index in [0.29, 0.717) is 0 Å². The fourth-order valence-corrected chi connectivity index (χ4v) is 5.85. The van der Waals surface area contributed by atoms with Crippen molar-refractivity contribution in [2.75, 3.05) is 0 Å². The van der Waals surface area contributed by atoms with Gasteiger partial charge in [0, 0.05) is 0 Å². The zero-order valence-corrected chi connectivity index (χ0v) is 14.4. The molecular formula is C22H31F. The molecule has 0 nitrogen and oxygen atoms in total. The molecule has 0 N–H and O–H groups in total. The molecule has 3 aliphatic carbocycles. The largest absolute Gasteiger partial charge is 0.207 e. The highest BCUT2D eigenvalue weighted by molar-refractivity contribution is 5.30. The highest BCUT2D eigenvalue weighted by Gasteiger charge is 2.33. The third-order valence-electron chi connectivity index (χ3n) is 7.23. The molecule has 1 heteroatoms. The van der Waals surface area contributed by atoms with E-state index >= 15 is 0 Å². The van der Waals surface area contributed by atoms with Gasteiger partial charge in [0.2, 0.25) is 0 Å². The van der Waals surface area contributed by atoms with Crippen LogP contribution in [0.15, 0.2) is 18.2 Å². The Balaban J connectivity index is 1.33. The Morgan fingerprint density at radius 1 is 0.652 bits per heavy atom. The van der Waals surface area contributed by atoms with Crippen molar-refractivity contribution in [2.24, 2.45) is 23.7 Å². The van der Waals surface area contributed by atoms with Crippen LogP contribution in [0.1, 0.15) is 75.3 Å². The Kier molecular flexibility index (Phi) is 4.73. The minimum absolute atomic E-state index is 0.0600. The molecule has 0 spiro atoms. The number of rotatable bonds is 2. The first-order valence-corrected chi connectivity index (χ1v) is 10.1. The van der Waals surface area contributed by atoms with Gasteiger partial charge in [-0.15, -0.1) is 0 Å². The first-order chi connectivity index (χ1) is 11.3. The van der Waals surface area contributed by atoms with E-state index in [9.17, 15) is 4.39 Å². The molecule has 0 aliphatic heterocycles. The lowest BCUT2D eigenvalue weighted by Crippen LogP contribution is -2.29. The molecule has 2 fully saturated rings. The highest BCUT2D eigenvalue weighted by Crippen LogP contribution is 2.44. The van der Waals surface area contributed by atoms with Crippen molar-refractivity contribution in [1.29, 1.82) is 0 Å². The minimum Gasteiger partial charge on any atom is -0.207 e. The van der Waals surface area contributed by atoms with Crippen molar-refractivity contribution in [1.82, 2.24) is 0 Å². The van der Waals surface area contributed by atoms with Crippen LogP contribution in [0.4, 0.5) is 4.39 Å². The zero-order valence-electron chi connectivity index (χ0n) is 14.4. The van der Waals surface area contributed by atoms with Crippen LogP contribution in [-0.2, 0) is 12.8 Å². The lowest BCUT2D eigenvalue weighted by atomic mass is 9.66. The summed E-state index contributed by atoms with van der Waals surface area (Å²) in [5.41, 5.74) is 2.70. The average Bonchev–Trinajstić information content (AvgIpc) is 2.62. The minimum atomic E-state index is -0.0600. The molecule has 126 valence electrons. The van der Waals surface area contributed by atoms with E-state index < -0.39 is 0 Å². The lowest BCUT2D eigenvalue weighted by Gasteiger charge is -2.40. The number of fused-ring (bicyclic) bond motifs is 1. The van der Waals surface area contributed by atoms with Crippen LogP contribution in [0.3, 0.4) is 0 Å². The second-order valence-corrected chi connectivity index (χ2v) is 8.49. The molecule has 1 aromatic rings. The monoisotopic (exact) mass is 314 g/mol. The Morgan fingerprint density at radius 2 is 1.30 bits per heavy atom. The van der Waals surface area contributed by atoms with Crippen LogP contribution < -0.4 is 0 Å². The van der Waals surface area contributed by atoms with Gasteiger partial charge in [-0.05, 0) is 91.9 Å². The molecule has 23 heavy (non-hydrogen) atoms. The van der Waals surface area contributed by atoms with Crippen molar-refractivity contribution in [2.45, 2.75) is 77.0 Å². The lowest BCUT2D eigenvalue weighted by molar-refractivity contribution is 0.133. The molecule has 1 aromatic carbocycles. The van der Waals surface area contributed by atoms with E-state index in [1.165, 1.54) is 81.8 Å². The number of halogens is 1. The van der Waals surface area contributed by atoms with Gasteiger partial charge in [0.25, 0.3) is 0 Å². The molecule has 0 aromatic heterocycles. The maximum absolute atomic E-state index is 13.4. The molecule has 2 saturated carbocycles. The summed E-state index contributed by atoms with van der Waals surface area (Å²) < 4.78 is 13.4. The van der Waals surface area contributed by atoms with Gasteiger partial charge < -0.3 is 0 Å². The summed E-state index contributed by atoms with van der Waals surface area (Å²) in [5.74, 6) is 3.83. The molecular weight excluding hydrogens is 283 g/mol. The standard InChI is InChI=1S/C22H31F/c23-22-13-12-20-14-19(10-11-21(20)15-22)18-8-6-17(7-9-18)16-4-2-1-3-5-16/h12-13,15-19H,1-11,14H2. The topological polar surface area (TPSA) is 0 Å². The summed E-state index contributed by atoms with van der Waals surface area (Å²) in [5, 5.41) is 0. The summed E-state index contributed by atoms with van der Waals surface area (Å²) in [6.45, 7) is 0. The predicted molar refractivity (Wildman–Crippen MR) is 93.9 cm³/mol. The number of benzene rings is 1. The molecule has 0 heterocycles. The van der Waals surface area contributed by atoms with Gasteiger partial charge in [0.05, 0.1) is 0 Å². The molecule has 0 amide bonds. The Hall–Kier alpha value is -0.850. The molecule has 0 radical (unpaired) electrons. The smallest absolute Gasteiger partial charge is 0.123 e. The van der Waals surface area contributed by atoms with E-state index in [2.05, 4.69) is 0 Å². The summed E-state index contributed by atoms with van der Waals surface area (Å²) in [7, 11) is 0. The Morgan fingerprint density at radius 3 is 2.04 bits per heavy atom. The normalized spacial score (nSPS) is 32.5. The van der Waals surface area contributed by atoms with Crippen LogP contribution in [0.25, 0.3) is 0 Å². The van der Waals surface area contributed by atoms with Gasteiger partial charge in [0.15, 0.2) is 0 Å². The fourth-order valence-electron chi connectivity index (χ4n) is 5.85. The quantitative estimate of drug-likeness (QED) is 0.599.